The number of para-hydroxylation sites is 1. The third-order valence-electron chi connectivity index (χ3n) is 2.68. The van der Waals surface area contributed by atoms with Gasteiger partial charge in [-0.05, 0) is 30.7 Å². The van der Waals surface area contributed by atoms with Crippen LogP contribution in [0.3, 0.4) is 0 Å². The van der Waals surface area contributed by atoms with Crippen molar-refractivity contribution in [1.82, 2.24) is 4.98 Å². The molecule has 0 aliphatic carbocycles. The maximum Gasteiger partial charge on any atom is 0.259 e. The topological polar surface area (TPSA) is 54.0 Å². The Kier molecular flexibility index (Phi) is 3.57. The molecule has 1 aromatic heterocycles. The van der Waals surface area contributed by atoms with Crippen molar-refractivity contribution in [3.05, 3.63) is 53.7 Å². The van der Waals surface area contributed by atoms with Crippen molar-refractivity contribution in [1.29, 1.82) is 0 Å². The molecule has 1 heterocycles. The summed E-state index contributed by atoms with van der Waals surface area (Å²) in [6, 6.07) is 11.2. The van der Waals surface area contributed by atoms with Crippen LogP contribution in [0, 0.1) is 6.92 Å². The molecule has 0 saturated heterocycles. The van der Waals surface area contributed by atoms with Crippen molar-refractivity contribution in [2.45, 2.75) is 6.92 Å². The molecule has 0 saturated carbocycles. The van der Waals surface area contributed by atoms with Crippen LogP contribution >= 0.6 is 0 Å². The molecular formula is C14H15N3O. The Morgan fingerprint density at radius 3 is 2.67 bits per heavy atom. The molecule has 2 rings (SSSR count). The summed E-state index contributed by atoms with van der Waals surface area (Å²) in [7, 11) is 1.74. The van der Waals surface area contributed by atoms with Crippen LogP contribution in [0.1, 0.15) is 15.9 Å². The molecule has 1 amide bonds. The third-order valence-corrected chi connectivity index (χ3v) is 2.68. The zero-order valence-electron chi connectivity index (χ0n) is 10.4. The molecular weight excluding hydrogens is 226 g/mol. The molecule has 0 radical (unpaired) electrons. The molecule has 0 spiro atoms. The number of amides is 1. The minimum Gasteiger partial charge on any atom is -0.372 e. The van der Waals surface area contributed by atoms with E-state index in [9.17, 15) is 4.79 Å². The number of nitrogens with one attached hydrogen (secondary N) is 2. The van der Waals surface area contributed by atoms with Gasteiger partial charge in [0.05, 0.1) is 5.56 Å². The van der Waals surface area contributed by atoms with Gasteiger partial charge in [0, 0.05) is 18.9 Å². The molecule has 4 nitrogen and oxygen atoms in total. The predicted octanol–water partition coefficient (Wildman–Crippen LogP) is 2.68. The van der Waals surface area contributed by atoms with E-state index in [1.807, 2.05) is 31.2 Å². The lowest BCUT2D eigenvalue weighted by Crippen LogP contribution is -2.15. The third kappa shape index (κ3) is 2.48. The van der Waals surface area contributed by atoms with Crippen molar-refractivity contribution in [2.75, 3.05) is 17.7 Å². The van der Waals surface area contributed by atoms with Gasteiger partial charge >= 0.3 is 0 Å². The lowest BCUT2D eigenvalue weighted by Gasteiger charge is -2.10. The Morgan fingerprint density at radius 1 is 1.17 bits per heavy atom. The van der Waals surface area contributed by atoms with Gasteiger partial charge in [0.15, 0.2) is 0 Å². The van der Waals surface area contributed by atoms with Crippen LogP contribution in [0.4, 0.5) is 11.5 Å². The molecule has 0 bridgehead atoms. The van der Waals surface area contributed by atoms with Crippen LogP contribution in [0.2, 0.25) is 0 Å². The second kappa shape index (κ2) is 5.31. The normalized spacial score (nSPS) is 9.89. The van der Waals surface area contributed by atoms with E-state index in [-0.39, 0.29) is 5.91 Å². The van der Waals surface area contributed by atoms with Gasteiger partial charge in [0.25, 0.3) is 5.91 Å². The Morgan fingerprint density at radius 2 is 1.94 bits per heavy atom. The Hall–Kier alpha value is -2.36. The number of benzene rings is 1. The van der Waals surface area contributed by atoms with Gasteiger partial charge in [-0.3, -0.25) is 4.79 Å². The maximum absolute atomic E-state index is 12.2. The first-order valence-electron chi connectivity index (χ1n) is 5.72. The molecule has 0 atom stereocenters. The van der Waals surface area contributed by atoms with E-state index in [1.54, 1.807) is 25.4 Å². The van der Waals surface area contributed by atoms with E-state index in [2.05, 4.69) is 15.6 Å². The average Bonchev–Trinajstić information content (AvgIpc) is 2.41. The largest absolute Gasteiger partial charge is 0.372 e. The molecule has 2 N–H and O–H groups in total. The highest BCUT2D eigenvalue weighted by Crippen LogP contribution is 2.17. The summed E-state index contributed by atoms with van der Waals surface area (Å²) in [6.45, 7) is 1.96. The first-order valence-corrected chi connectivity index (χ1v) is 5.72. The number of pyridine rings is 1. The van der Waals surface area contributed by atoms with E-state index in [0.717, 1.165) is 11.3 Å². The van der Waals surface area contributed by atoms with Crippen LogP contribution in [-0.2, 0) is 0 Å². The number of aryl methyl sites for hydroxylation is 1. The van der Waals surface area contributed by atoms with Crippen LogP contribution in [0.5, 0.6) is 0 Å². The highest BCUT2D eigenvalue weighted by Gasteiger charge is 2.11. The molecule has 0 fully saturated rings. The van der Waals surface area contributed by atoms with Crippen molar-refractivity contribution in [3.8, 4) is 0 Å². The van der Waals surface area contributed by atoms with Gasteiger partial charge < -0.3 is 10.6 Å². The smallest absolute Gasteiger partial charge is 0.259 e. The second-order valence-corrected chi connectivity index (χ2v) is 3.92. The monoisotopic (exact) mass is 241 g/mol. The van der Waals surface area contributed by atoms with Gasteiger partial charge in [0.2, 0.25) is 0 Å². The quantitative estimate of drug-likeness (QED) is 0.868. The summed E-state index contributed by atoms with van der Waals surface area (Å²) in [4.78, 5) is 16.3. The van der Waals surface area contributed by atoms with Crippen molar-refractivity contribution in [2.24, 2.45) is 0 Å². The summed E-state index contributed by atoms with van der Waals surface area (Å²) in [6.07, 6.45) is 1.65. The Balaban J connectivity index is 2.25. The van der Waals surface area contributed by atoms with Gasteiger partial charge in [-0.2, -0.15) is 0 Å². The second-order valence-electron chi connectivity index (χ2n) is 3.92. The maximum atomic E-state index is 12.2. The summed E-state index contributed by atoms with van der Waals surface area (Å²) >= 11 is 0. The van der Waals surface area contributed by atoms with Crippen molar-refractivity contribution in [3.63, 3.8) is 0 Å². The highest BCUT2D eigenvalue weighted by atomic mass is 16.1. The lowest BCUT2D eigenvalue weighted by molar-refractivity contribution is 0.102. The van der Waals surface area contributed by atoms with E-state index in [4.69, 9.17) is 0 Å². The fourth-order valence-electron chi connectivity index (χ4n) is 1.69. The number of anilines is 2. The summed E-state index contributed by atoms with van der Waals surface area (Å²) in [5, 5.41) is 5.79. The standard InChI is InChI=1S/C14H15N3O/c1-10-6-3-4-8-12(10)17-14(18)11-7-5-9-16-13(11)15-2/h3-9H,1-2H3,(H,15,16)(H,17,18). The molecule has 18 heavy (non-hydrogen) atoms. The molecule has 0 unspecified atom stereocenters. The summed E-state index contributed by atoms with van der Waals surface area (Å²) < 4.78 is 0. The number of hydrogen-bond acceptors (Lipinski definition) is 3. The number of hydrogen-bond donors (Lipinski definition) is 2. The Bertz CT molecular complexity index is 566. The predicted molar refractivity (Wildman–Crippen MR) is 72.9 cm³/mol. The fourth-order valence-corrected chi connectivity index (χ4v) is 1.69. The SMILES string of the molecule is CNc1ncccc1C(=O)Nc1ccccc1C. The molecule has 1 aromatic carbocycles. The van der Waals surface area contributed by atoms with Crippen LogP contribution < -0.4 is 10.6 Å². The van der Waals surface area contributed by atoms with Gasteiger partial charge in [-0.1, -0.05) is 18.2 Å². The number of aromatic nitrogens is 1. The number of nitrogens with zero attached hydrogens (tertiary/aromatic N) is 1. The van der Waals surface area contributed by atoms with Gasteiger partial charge in [-0.15, -0.1) is 0 Å². The van der Waals surface area contributed by atoms with E-state index < -0.39 is 0 Å². The van der Waals surface area contributed by atoms with Crippen LogP contribution in [-0.4, -0.2) is 17.9 Å². The number of rotatable bonds is 3. The first-order chi connectivity index (χ1) is 8.72. The first kappa shape index (κ1) is 12.1. The highest BCUT2D eigenvalue weighted by molar-refractivity contribution is 6.07. The molecule has 0 aliphatic rings. The number of carbonyl (C=O) groups excluding carboxylic acids is 1. The minimum absolute atomic E-state index is 0.165. The molecule has 4 heteroatoms. The summed E-state index contributed by atoms with van der Waals surface area (Å²) in [5.41, 5.74) is 2.37. The van der Waals surface area contributed by atoms with Crippen LogP contribution in [0.15, 0.2) is 42.6 Å². The average molecular weight is 241 g/mol. The van der Waals surface area contributed by atoms with Crippen LogP contribution in [0.25, 0.3) is 0 Å². The van der Waals surface area contributed by atoms with E-state index >= 15 is 0 Å². The van der Waals surface area contributed by atoms with Gasteiger partial charge in [0.1, 0.15) is 5.82 Å². The summed E-state index contributed by atoms with van der Waals surface area (Å²) in [5.74, 6) is 0.408. The fraction of sp³-hybridized carbons (Fsp3) is 0.143. The van der Waals surface area contributed by atoms with E-state index in [0.29, 0.717) is 11.4 Å². The van der Waals surface area contributed by atoms with Gasteiger partial charge in [-0.25, -0.2) is 4.98 Å². The molecule has 2 aromatic rings. The number of carbonyl (C=O) groups is 1. The van der Waals surface area contributed by atoms with Crippen molar-refractivity contribution < 1.29 is 4.79 Å². The van der Waals surface area contributed by atoms with Crippen molar-refractivity contribution >= 4 is 17.4 Å². The minimum atomic E-state index is -0.165. The lowest BCUT2D eigenvalue weighted by atomic mass is 10.2. The molecule has 0 aliphatic heterocycles. The van der Waals surface area contributed by atoms with E-state index in [1.165, 1.54) is 0 Å². The zero-order chi connectivity index (χ0) is 13.0. The molecule has 92 valence electrons. The zero-order valence-corrected chi connectivity index (χ0v) is 10.4. The Labute approximate surface area is 106 Å².